The second-order valence-corrected chi connectivity index (χ2v) is 3.77. The van der Waals surface area contributed by atoms with Crippen molar-refractivity contribution in [3.05, 3.63) is 0 Å². The molecule has 0 saturated heterocycles. The summed E-state index contributed by atoms with van der Waals surface area (Å²) in [6, 6.07) is -0.212. The lowest BCUT2D eigenvalue weighted by atomic mass is 10.1. The predicted octanol–water partition coefficient (Wildman–Crippen LogP) is 1.15. The van der Waals surface area contributed by atoms with Crippen molar-refractivity contribution in [1.29, 1.82) is 0 Å². The third kappa shape index (κ3) is 6.76. The number of carbonyl (C=O) groups is 2. The molecule has 0 spiro atoms. The number of amides is 2. The van der Waals surface area contributed by atoms with Crippen molar-refractivity contribution in [2.24, 2.45) is 5.92 Å². The molecule has 0 aromatic rings. The summed E-state index contributed by atoms with van der Waals surface area (Å²) < 4.78 is 0. The van der Waals surface area contributed by atoms with Crippen molar-refractivity contribution in [3.8, 4) is 0 Å². The number of urea groups is 1. The fourth-order valence-corrected chi connectivity index (χ4v) is 1.09. The minimum absolute atomic E-state index is 0.0388. The van der Waals surface area contributed by atoms with Crippen molar-refractivity contribution < 1.29 is 14.7 Å². The molecule has 0 saturated carbocycles. The van der Waals surface area contributed by atoms with E-state index < -0.39 is 5.97 Å². The highest BCUT2D eigenvalue weighted by atomic mass is 16.4. The highest BCUT2D eigenvalue weighted by Crippen LogP contribution is 2.02. The number of nitrogens with zero attached hydrogens (tertiary/aromatic N) is 1. The van der Waals surface area contributed by atoms with Gasteiger partial charge in [-0.05, 0) is 5.92 Å². The summed E-state index contributed by atoms with van der Waals surface area (Å²) in [5.41, 5.74) is 0. The van der Waals surface area contributed by atoms with E-state index in [1.165, 1.54) is 0 Å². The molecule has 1 atom stereocenters. The SMILES string of the molecule is CCC(C)CN(C)C(=O)NCCC(=O)O. The van der Waals surface area contributed by atoms with Crippen molar-refractivity contribution in [2.75, 3.05) is 20.1 Å². The van der Waals surface area contributed by atoms with E-state index >= 15 is 0 Å². The van der Waals surface area contributed by atoms with Gasteiger partial charge in [0, 0.05) is 20.1 Å². The Bertz CT molecular complexity index is 219. The van der Waals surface area contributed by atoms with Crippen LogP contribution in [0.25, 0.3) is 0 Å². The molecule has 0 aliphatic carbocycles. The number of hydrogen-bond donors (Lipinski definition) is 2. The van der Waals surface area contributed by atoms with Crippen LogP contribution in [0, 0.1) is 5.92 Å². The Morgan fingerprint density at radius 2 is 2.07 bits per heavy atom. The molecule has 0 radical (unpaired) electrons. The van der Waals surface area contributed by atoms with Crippen LogP contribution in [0.5, 0.6) is 0 Å². The van der Waals surface area contributed by atoms with Crippen molar-refractivity contribution in [3.63, 3.8) is 0 Å². The van der Waals surface area contributed by atoms with Crippen molar-refractivity contribution in [2.45, 2.75) is 26.7 Å². The van der Waals surface area contributed by atoms with Crippen LogP contribution in [0.1, 0.15) is 26.7 Å². The van der Waals surface area contributed by atoms with Gasteiger partial charge in [0.25, 0.3) is 0 Å². The van der Waals surface area contributed by atoms with E-state index in [2.05, 4.69) is 19.2 Å². The van der Waals surface area contributed by atoms with Gasteiger partial charge < -0.3 is 15.3 Å². The van der Waals surface area contributed by atoms with Crippen molar-refractivity contribution >= 4 is 12.0 Å². The molecule has 0 aromatic heterocycles. The maximum Gasteiger partial charge on any atom is 0.317 e. The van der Waals surface area contributed by atoms with Gasteiger partial charge in [0.2, 0.25) is 0 Å². The first-order valence-corrected chi connectivity index (χ1v) is 5.18. The molecule has 5 heteroatoms. The molecule has 88 valence electrons. The maximum atomic E-state index is 11.4. The zero-order valence-electron chi connectivity index (χ0n) is 9.62. The minimum Gasteiger partial charge on any atom is -0.481 e. The van der Waals surface area contributed by atoms with E-state index in [0.29, 0.717) is 12.5 Å². The van der Waals surface area contributed by atoms with Crippen LogP contribution < -0.4 is 5.32 Å². The summed E-state index contributed by atoms with van der Waals surface area (Å²) in [5, 5.41) is 10.9. The van der Waals surface area contributed by atoms with Crippen molar-refractivity contribution in [1.82, 2.24) is 10.2 Å². The normalized spacial score (nSPS) is 11.9. The first-order chi connectivity index (χ1) is 6.97. The molecular formula is C10H20N2O3. The Kier molecular flexibility index (Phi) is 6.49. The second kappa shape index (κ2) is 7.09. The van der Waals surface area contributed by atoms with Crippen LogP contribution in [0.4, 0.5) is 4.79 Å². The van der Waals surface area contributed by atoms with Crippen LogP contribution in [0.3, 0.4) is 0 Å². The molecule has 0 aliphatic rings. The average molecular weight is 216 g/mol. The molecule has 2 amide bonds. The highest BCUT2D eigenvalue weighted by Gasteiger charge is 2.10. The van der Waals surface area contributed by atoms with Gasteiger partial charge in [-0.15, -0.1) is 0 Å². The van der Waals surface area contributed by atoms with Crippen LogP contribution in [-0.4, -0.2) is 42.1 Å². The van der Waals surface area contributed by atoms with Crippen LogP contribution in [0.15, 0.2) is 0 Å². The monoisotopic (exact) mass is 216 g/mol. The Labute approximate surface area is 90.5 Å². The lowest BCUT2D eigenvalue weighted by Gasteiger charge is -2.20. The summed E-state index contributed by atoms with van der Waals surface area (Å²) in [6.07, 6.45) is 0.982. The Morgan fingerprint density at radius 1 is 1.47 bits per heavy atom. The first kappa shape index (κ1) is 13.7. The molecule has 0 aromatic carbocycles. The molecule has 0 fully saturated rings. The van der Waals surface area contributed by atoms with Crippen LogP contribution >= 0.6 is 0 Å². The van der Waals surface area contributed by atoms with E-state index in [1.807, 2.05) is 0 Å². The molecule has 0 rings (SSSR count). The lowest BCUT2D eigenvalue weighted by molar-refractivity contribution is -0.136. The van der Waals surface area contributed by atoms with E-state index in [9.17, 15) is 9.59 Å². The number of rotatable bonds is 6. The van der Waals surface area contributed by atoms with Gasteiger partial charge in [0.1, 0.15) is 0 Å². The number of aliphatic carboxylic acids is 1. The molecule has 0 heterocycles. The van der Waals surface area contributed by atoms with Gasteiger partial charge in [0.05, 0.1) is 6.42 Å². The smallest absolute Gasteiger partial charge is 0.317 e. The lowest BCUT2D eigenvalue weighted by Crippen LogP contribution is -2.40. The quantitative estimate of drug-likeness (QED) is 0.699. The number of hydrogen-bond acceptors (Lipinski definition) is 2. The van der Waals surface area contributed by atoms with Crippen LogP contribution in [-0.2, 0) is 4.79 Å². The third-order valence-corrected chi connectivity index (χ3v) is 2.24. The standard InChI is InChI=1S/C10H20N2O3/c1-4-8(2)7-12(3)10(15)11-6-5-9(13)14/h8H,4-7H2,1-3H3,(H,11,15)(H,13,14). The fourth-order valence-electron chi connectivity index (χ4n) is 1.09. The van der Waals surface area contributed by atoms with Gasteiger partial charge in [-0.25, -0.2) is 4.79 Å². The summed E-state index contributed by atoms with van der Waals surface area (Å²) in [6.45, 7) is 5.01. The number of carboxylic acids is 1. The Balaban J connectivity index is 3.74. The predicted molar refractivity (Wildman–Crippen MR) is 57.7 cm³/mol. The molecule has 2 N–H and O–H groups in total. The topological polar surface area (TPSA) is 69.6 Å². The Morgan fingerprint density at radius 3 is 2.53 bits per heavy atom. The molecule has 0 aliphatic heterocycles. The number of nitrogens with one attached hydrogen (secondary N) is 1. The fraction of sp³-hybridized carbons (Fsp3) is 0.800. The molecular weight excluding hydrogens is 196 g/mol. The summed E-state index contributed by atoms with van der Waals surface area (Å²) in [4.78, 5) is 23.2. The van der Waals surface area contributed by atoms with Gasteiger partial charge in [-0.2, -0.15) is 0 Å². The van der Waals surface area contributed by atoms with E-state index in [-0.39, 0.29) is 19.0 Å². The molecule has 0 bridgehead atoms. The maximum absolute atomic E-state index is 11.4. The molecule has 15 heavy (non-hydrogen) atoms. The average Bonchev–Trinajstić information content (AvgIpc) is 2.16. The molecule has 1 unspecified atom stereocenters. The zero-order chi connectivity index (χ0) is 11.8. The first-order valence-electron chi connectivity index (χ1n) is 5.18. The summed E-state index contributed by atoms with van der Waals surface area (Å²) in [7, 11) is 1.71. The van der Waals surface area contributed by atoms with Gasteiger partial charge in [-0.1, -0.05) is 20.3 Å². The Hall–Kier alpha value is -1.26. The van der Waals surface area contributed by atoms with Gasteiger partial charge in [0.15, 0.2) is 0 Å². The van der Waals surface area contributed by atoms with E-state index in [4.69, 9.17) is 5.11 Å². The zero-order valence-corrected chi connectivity index (χ0v) is 9.62. The second-order valence-electron chi connectivity index (χ2n) is 3.77. The van der Waals surface area contributed by atoms with E-state index in [1.54, 1.807) is 11.9 Å². The van der Waals surface area contributed by atoms with E-state index in [0.717, 1.165) is 6.42 Å². The molecule has 5 nitrogen and oxygen atoms in total. The third-order valence-electron chi connectivity index (χ3n) is 2.24. The summed E-state index contributed by atoms with van der Waals surface area (Å²) >= 11 is 0. The number of carbonyl (C=O) groups excluding carboxylic acids is 1. The largest absolute Gasteiger partial charge is 0.481 e. The van der Waals surface area contributed by atoms with Gasteiger partial charge >= 0.3 is 12.0 Å². The number of carboxylic acid groups (broad SMARTS) is 1. The van der Waals surface area contributed by atoms with Gasteiger partial charge in [-0.3, -0.25) is 4.79 Å². The van der Waals surface area contributed by atoms with Crippen LogP contribution in [0.2, 0.25) is 0 Å². The summed E-state index contributed by atoms with van der Waals surface area (Å²) in [5.74, 6) is -0.444. The highest BCUT2D eigenvalue weighted by molar-refractivity contribution is 5.74. The minimum atomic E-state index is -0.903.